The van der Waals surface area contributed by atoms with Crippen molar-refractivity contribution in [3.8, 4) is 0 Å². The molecule has 0 radical (unpaired) electrons. The second kappa shape index (κ2) is 12.2. The summed E-state index contributed by atoms with van der Waals surface area (Å²) in [5.41, 5.74) is 0.403. The molecule has 0 aliphatic heterocycles. The number of hydrogen-bond donors (Lipinski definition) is 2. The zero-order valence-corrected chi connectivity index (χ0v) is 21.6. The van der Waals surface area contributed by atoms with Crippen LogP contribution in [0.5, 0.6) is 0 Å². The SMILES string of the molecule is CCCCc1nc2c(NC(=O)c3ccccc3)nc([N+](=O)[O-])nc2n1CCCCNC(=O)OC(C)(C)C. The van der Waals surface area contributed by atoms with E-state index in [2.05, 4.69) is 32.5 Å². The number of unbranched alkanes of at least 4 members (excludes halogenated alkanes) is 2. The fourth-order valence-corrected chi connectivity index (χ4v) is 3.63. The maximum atomic E-state index is 12.8. The van der Waals surface area contributed by atoms with Gasteiger partial charge in [-0.05, 0) is 67.1 Å². The summed E-state index contributed by atoms with van der Waals surface area (Å²) in [4.78, 5) is 48.3. The summed E-state index contributed by atoms with van der Waals surface area (Å²) in [5, 5.41) is 17.0. The lowest BCUT2D eigenvalue weighted by atomic mass is 10.2. The van der Waals surface area contributed by atoms with Gasteiger partial charge in [-0.3, -0.25) is 14.7 Å². The van der Waals surface area contributed by atoms with Crippen LogP contribution in [0, 0.1) is 10.1 Å². The molecule has 3 rings (SSSR count). The van der Waals surface area contributed by atoms with Gasteiger partial charge in [0, 0.05) is 25.1 Å². The van der Waals surface area contributed by atoms with Crippen molar-refractivity contribution < 1.29 is 19.2 Å². The first-order valence-corrected chi connectivity index (χ1v) is 12.3. The van der Waals surface area contributed by atoms with E-state index in [-0.39, 0.29) is 11.5 Å². The minimum Gasteiger partial charge on any atom is -0.444 e. The number of benzene rings is 1. The Bertz CT molecular complexity index is 1250. The molecule has 12 nitrogen and oxygen atoms in total. The molecule has 2 heterocycles. The lowest BCUT2D eigenvalue weighted by Gasteiger charge is -2.19. The summed E-state index contributed by atoms with van der Waals surface area (Å²) < 4.78 is 7.08. The Morgan fingerprint density at radius 2 is 1.81 bits per heavy atom. The first kappa shape index (κ1) is 27.5. The van der Waals surface area contributed by atoms with Gasteiger partial charge in [0.1, 0.15) is 11.4 Å². The van der Waals surface area contributed by atoms with E-state index in [9.17, 15) is 19.7 Å². The molecule has 0 aliphatic carbocycles. The third-order valence-corrected chi connectivity index (χ3v) is 5.32. The number of carbonyl (C=O) groups is 2. The quantitative estimate of drug-likeness (QED) is 0.214. The third kappa shape index (κ3) is 7.69. The Hall–Kier alpha value is -4.09. The van der Waals surface area contributed by atoms with Crippen LogP contribution in [0.2, 0.25) is 0 Å². The molecule has 3 aromatic rings. The van der Waals surface area contributed by atoms with Crippen molar-refractivity contribution in [2.45, 2.75) is 71.9 Å². The fourth-order valence-electron chi connectivity index (χ4n) is 3.63. The fraction of sp³-hybridized carbons (Fsp3) is 0.480. The predicted octanol–water partition coefficient (Wildman–Crippen LogP) is 4.63. The van der Waals surface area contributed by atoms with E-state index in [1.807, 2.05) is 4.57 Å². The van der Waals surface area contributed by atoms with Crippen molar-refractivity contribution in [1.29, 1.82) is 0 Å². The number of anilines is 1. The molecule has 0 saturated carbocycles. The number of nitrogens with one attached hydrogen (secondary N) is 2. The highest BCUT2D eigenvalue weighted by atomic mass is 16.6. The Morgan fingerprint density at radius 1 is 1.08 bits per heavy atom. The highest BCUT2D eigenvalue weighted by Crippen LogP contribution is 2.26. The van der Waals surface area contributed by atoms with E-state index >= 15 is 0 Å². The molecule has 37 heavy (non-hydrogen) atoms. The average Bonchev–Trinajstić information content (AvgIpc) is 3.19. The van der Waals surface area contributed by atoms with E-state index in [0.717, 1.165) is 12.8 Å². The van der Waals surface area contributed by atoms with Gasteiger partial charge in [0.15, 0.2) is 5.52 Å². The highest BCUT2D eigenvalue weighted by Gasteiger charge is 2.26. The number of rotatable bonds is 11. The number of nitro groups is 1. The van der Waals surface area contributed by atoms with Gasteiger partial charge in [0.05, 0.1) is 0 Å². The Labute approximate surface area is 215 Å². The summed E-state index contributed by atoms with van der Waals surface area (Å²) >= 11 is 0. The van der Waals surface area contributed by atoms with E-state index < -0.39 is 28.5 Å². The number of alkyl carbamates (subject to hydrolysis) is 1. The lowest BCUT2D eigenvalue weighted by Crippen LogP contribution is -2.33. The second-order valence-electron chi connectivity index (χ2n) is 9.54. The molecule has 12 heteroatoms. The van der Waals surface area contributed by atoms with E-state index in [0.29, 0.717) is 49.3 Å². The number of imidazole rings is 1. The van der Waals surface area contributed by atoms with Crippen molar-refractivity contribution in [3.63, 3.8) is 0 Å². The average molecular weight is 512 g/mol. The number of ether oxygens (including phenoxy) is 1. The molecular formula is C25H33N7O5. The minimum atomic E-state index is -0.689. The monoisotopic (exact) mass is 511 g/mol. The summed E-state index contributed by atoms with van der Waals surface area (Å²) in [6, 6.07) is 8.51. The molecule has 0 bridgehead atoms. The Balaban J connectivity index is 1.85. The largest absolute Gasteiger partial charge is 0.473 e. The number of hydrogen-bond acceptors (Lipinski definition) is 8. The smallest absolute Gasteiger partial charge is 0.444 e. The van der Waals surface area contributed by atoms with Crippen LogP contribution in [-0.2, 0) is 17.7 Å². The van der Waals surface area contributed by atoms with E-state index in [4.69, 9.17) is 4.74 Å². The van der Waals surface area contributed by atoms with Gasteiger partial charge >= 0.3 is 12.0 Å². The van der Waals surface area contributed by atoms with Crippen molar-refractivity contribution >= 4 is 34.9 Å². The Kier molecular flexibility index (Phi) is 9.10. The van der Waals surface area contributed by atoms with Crippen LogP contribution in [0.3, 0.4) is 0 Å². The van der Waals surface area contributed by atoms with Gasteiger partial charge < -0.3 is 20.2 Å². The second-order valence-corrected chi connectivity index (χ2v) is 9.54. The lowest BCUT2D eigenvalue weighted by molar-refractivity contribution is -0.394. The van der Waals surface area contributed by atoms with Crippen LogP contribution < -0.4 is 10.6 Å². The van der Waals surface area contributed by atoms with Crippen molar-refractivity contribution in [3.05, 3.63) is 51.8 Å². The summed E-state index contributed by atoms with van der Waals surface area (Å²) in [6.07, 6.45) is 3.27. The summed E-state index contributed by atoms with van der Waals surface area (Å²) in [6.45, 7) is 8.35. The number of fused-ring (bicyclic) bond motifs is 1. The number of carbonyl (C=O) groups excluding carboxylic acids is 2. The van der Waals surface area contributed by atoms with Gasteiger partial charge in [-0.1, -0.05) is 31.5 Å². The van der Waals surface area contributed by atoms with Gasteiger partial charge in [0.2, 0.25) is 11.5 Å². The van der Waals surface area contributed by atoms with Crippen LogP contribution in [0.15, 0.2) is 30.3 Å². The van der Waals surface area contributed by atoms with Crippen LogP contribution >= 0.6 is 0 Å². The van der Waals surface area contributed by atoms with Crippen LogP contribution in [-0.4, -0.2) is 48.6 Å². The van der Waals surface area contributed by atoms with Gasteiger partial charge in [0.25, 0.3) is 5.91 Å². The topological polar surface area (TPSA) is 154 Å². The number of nitrogens with zero attached hydrogens (tertiary/aromatic N) is 5. The van der Waals surface area contributed by atoms with Gasteiger partial charge in [-0.2, -0.15) is 0 Å². The van der Waals surface area contributed by atoms with Crippen LogP contribution in [0.25, 0.3) is 11.2 Å². The van der Waals surface area contributed by atoms with Crippen LogP contribution in [0.4, 0.5) is 16.6 Å². The summed E-state index contributed by atoms with van der Waals surface area (Å²) in [7, 11) is 0. The molecule has 198 valence electrons. The number of aryl methyl sites for hydroxylation is 2. The molecule has 0 saturated heterocycles. The Morgan fingerprint density at radius 3 is 2.46 bits per heavy atom. The van der Waals surface area contributed by atoms with Crippen molar-refractivity contribution in [2.75, 3.05) is 11.9 Å². The maximum absolute atomic E-state index is 12.8. The van der Waals surface area contributed by atoms with Crippen molar-refractivity contribution in [2.24, 2.45) is 0 Å². The molecule has 2 aromatic heterocycles. The first-order chi connectivity index (χ1) is 17.6. The molecule has 0 atom stereocenters. The van der Waals surface area contributed by atoms with Crippen LogP contribution in [0.1, 0.15) is 69.6 Å². The molecule has 2 amide bonds. The predicted molar refractivity (Wildman–Crippen MR) is 138 cm³/mol. The number of aromatic nitrogens is 4. The minimum absolute atomic E-state index is 0.00589. The zero-order valence-electron chi connectivity index (χ0n) is 21.6. The highest BCUT2D eigenvalue weighted by molar-refractivity contribution is 6.06. The van der Waals surface area contributed by atoms with Gasteiger partial charge in [-0.25, -0.2) is 9.78 Å². The molecule has 0 aliphatic rings. The van der Waals surface area contributed by atoms with Crippen molar-refractivity contribution in [1.82, 2.24) is 24.8 Å². The molecular weight excluding hydrogens is 478 g/mol. The molecule has 0 unspecified atom stereocenters. The standard InChI is InChI=1S/C25H33N7O5/c1-5-6-14-18-27-19-20(28-22(33)17-12-8-7-9-13-17)29-23(32(35)36)30-21(19)31(18)16-11-10-15-26-24(34)37-25(2,3)4/h7-9,12-13H,5-6,10-11,14-16H2,1-4H3,(H,26,34)(H,28,29,30,33). The molecule has 2 N–H and O–H groups in total. The zero-order chi connectivity index (χ0) is 27.0. The van der Waals surface area contributed by atoms with E-state index in [1.165, 1.54) is 0 Å². The van der Waals surface area contributed by atoms with E-state index in [1.54, 1.807) is 51.1 Å². The first-order valence-electron chi connectivity index (χ1n) is 12.3. The molecule has 0 fully saturated rings. The summed E-state index contributed by atoms with van der Waals surface area (Å²) in [5.74, 6) is -0.367. The molecule has 1 aromatic carbocycles. The normalized spacial score (nSPS) is 11.4. The number of amides is 2. The third-order valence-electron chi connectivity index (χ3n) is 5.32. The maximum Gasteiger partial charge on any atom is 0.473 e. The molecule has 0 spiro atoms. The van der Waals surface area contributed by atoms with Gasteiger partial charge in [-0.15, -0.1) is 0 Å².